The van der Waals surface area contributed by atoms with Crippen LogP contribution in [0.4, 0.5) is 11.5 Å². The van der Waals surface area contributed by atoms with Gasteiger partial charge in [-0.1, -0.05) is 42.5 Å². The van der Waals surface area contributed by atoms with Crippen LogP contribution in [-0.4, -0.2) is 9.38 Å². The zero-order valence-corrected chi connectivity index (χ0v) is 18.0. The van der Waals surface area contributed by atoms with Crippen LogP contribution in [0.25, 0.3) is 5.65 Å². The Morgan fingerprint density at radius 2 is 1.72 bits per heavy atom. The Kier molecular flexibility index (Phi) is 4.87. The summed E-state index contributed by atoms with van der Waals surface area (Å²) in [6.07, 6.45) is 1.76. The molecule has 1 aliphatic heterocycles. The fourth-order valence-corrected chi connectivity index (χ4v) is 4.39. The minimum absolute atomic E-state index is 0.0792. The lowest BCUT2D eigenvalue weighted by Gasteiger charge is -2.22. The van der Waals surface area contributed by atoms with Crippen LogP contribution < -0.4 is 15.8 Å². The highest BCUT2D eigenvalue weighted by atomic mass is 16.1. The van der Waals surface area contributed by atoms with Crippen LogP contribution in [0, 0.1) is 18.3 Å². The fraction of sp³-hybridized carbons (Fsp3) is 0.192. The highest BCUT2D eigenvalue weighted by Gasteiger charge is 2.26. The van der Waals surface area contributed by atoms with Gasteiger partial charge in [-0.15, -0.1) is 0 Å². The quantitative estimate of drug-likeness (QED) is 0.523. The van der Waals surface area contributed by atoms with Gasteiger partial charge < -0.3 is 10.2 Å². The predicted octanol–water partition coefficient (Wildman–Crippen LogP) is 4.57. The lowest BCUT2D eigenvalue weighted by molar-refractivity contribution is 0.829. The molecule has 0 saturated heterocycles. The van der Waals surface area contributed by atoms with E-state index in [1.54, 1.807) is 6.20 Å². The molecule has 32 heavy (non-hydrogen) atoms. The van der Waals surface area contributed by atoms with E-state index in [1.165, 1.54) is 15.5 Å². The largest absolute Gasteiger partial charge is 0.378 e. The minimum atomic E-state index is -0.333. The van der Waals surface area contributed by atoms with Crippen molar-refractivity contribution in [2.75, 3.05) is 10.2 Å². The van der Waals surface area contributed by atoms with Crippen LogP contribution in [0.5, 0.6) is 0 Å². The first-order valence-electron chi connectivity index (χ1n) is 10.7. The molecule has 1 atom stereocenters. The van der Waals surface area contributed by atoms with Crippen LogP contribution in [-0.2, 0) is 13.1 Å². The second kappa shape index (κ2) is 7.86. The fourth-order valence-electron chi connectivity index (χ4n) is 4.39. The van der Waals surface area contributed by atoms with Crippen molar-refractivity contribution in [3.8, 4) is 6.07 Å². The smallest absolute Gasteiger partial charge is 0.278 e. The number of nitrogens with zero attached hydrogens (tertiary/aromatic N) is 4. The molecule has 0 amide bonds. The third-order valence-electron chi connectivity index (χ3n) is 5.95. The van der Waals surface area contributed by atoms with E-state index < -0.39 is 0 Å². The summed E-state index contributed by atoms with van der Waals surface area (Å²) >= 11 is 0. The first-order valence-corrected chi connectivity index (χ1v) is 10.7. The molecular weight excluding hydrogens is 398 g/mol. The van der Waals surface area contributed by atoms with Crippen molar-refractivity contribution < 1.29 is 0 Å². The molecule has 0 saturated carbocycles. The lowest BCUT2D eigenvalue weighted by Crippen LogP contribution is -2.27. The Morgan fingerprint density at radius 1 is 1.06 bits per heavy atom. The molecule has 6 heteroatoms. The van der Waals surface area contributed by atoms with Gasteiger partial charge in [0.25, 0.3) is 5.56 Å². The summed E-state index contributed by atoms with van der Waals surface area (Å²) in [5, 5.41) is 13.3. The number of anilines is 2. The van der Waals surface area contributed by atoms with E-state index in [-0.39, 0.29) is 17.2 Å². The SMILES string of the molecule is Cc1cc([C@H](C)Nc2ccccc2)c2nc(N3Cc4ccccc4C3)c(C#N)c(=O)n2c1. The zero-order chi connectivity index (χ0) is 22.2. The Morgan fingerprint density at radius 3 is 2.38 bits per heavy atom. The number of hydrogen-bond acceptors (Lipinski definition) is 5. The lowest BCUT2D eigenvalue weighted by atomic mass is 10.1. The third kappa shape index (κ3) is 3.38. The van der Waals surface area contributed by atoms with E-state index in [2.05, 4.69) is 36.5 Å². The summed E-state index contributed by atoms with van der Waals surface area (Å²) in [5.41, 5.74) is 5.54. The first-order chi connectivity index (χ1) is 15.5. The van der Waals surface area contributed by atoms with E-state index in [1.807, 2.05) is 54.3 Å². The van der Waals surface area contributed by atoms with Gasteiger partial charge in [0.1, 0.15) is 11.7 Å². The molecule has 0 bridgehead atoms. The molecule has 0 fully saturated rings. The van der Waals surface area contributed by atoms with Gasteiger partial charge in [-0.05, 0) is 48.7 Å². The Hall–Kier alpha value is -4.11. The van der Waals surface area contributed by atoms with Crippen molar-refractivity contribution in [2.45, 2.75) is 33.0 Å². The molecule has 0 radical (unpaired) electrons. The number of nitrogens with one attached hydrogen (secondary N) is 1. The number of rotatable bonds is 4. The van der Waals surface area contributed by atoms with Gasteiger partial charge in [-0.25, -0.2) is 4.98 Å². The minimum Gasteiger partial charge on any atom is -0.378 e. The summed E-state index contributed by atoms with van der Waals surface area (Å²) in [6, 6.07) is 22.2. The highest BCUT2D eigenvalue weighted by molar-refractivity contribution is 5.64. The third-order valence-corrected chi connectivity index (χ3v) is 5.95. The molecule has 2 aromatic heterocycles. The molecule has 3 heterocycles. The van der Waals surface area contributed by atoms with Crippen LogP contribution in [0.1, 0.15) is 40.8 Å². The monoisotopic (exact) mass is 421 g/mol. The van der Waals surface area contributed by atoms with Gasteiger partial charge >= 0.3 is 0 Å². The average molecular weight is 422 g/mol. The van der Waals surface area contributed by atoms with Gasteiger partial charge in [0.05, 0.1) is 6.04 Å². The molecule has 2 aromatic carbocycles. The zero-order valence-electron chi connectivity index (χ0n) is 18.0. The Bertz CT molecular complexity index is 1390. The molecule has 4 aromatic rings. The molecule has 5 rings (SSSR count). The molecule has 158 valence electrons. The molecule has 0 unspecified atom stereocenters. The maximum absolute atomic E-state index is 13.3. The van der Waals surface area contributed by atoms with Crippen LogP contribution >= 0.6 is 0 Å². The second-order valence-electron chi connectivity index (χ2n) is 8.25. The van der Waals surface area contributed by atoms with Crippen molar-refractivity contribution in [3.63, 3.8) is 0 Å². The highest BCUT2D eigenvalue weighted by Crippen LogP contribution is 2.30. The Balaban J connectivity index is 1.65. The van der Waals surface area contributed by atoms with Gasteiger partial charge in [0, 0.05) is 30.5 Å². The van der Waals surface area contributed by atoms with Crippen LogP contribution in [0.15, 0.2) is 71.7 Å². The summed E-state index contributed by atoms with van der Waals surface area (Å²) < 4.78 is 1.51. The summed E-state index contributed by atoms with van der Waals surface area (Å²) in [7, 11) is 0. The molecule has 0 aliphatic carbocycles. The number of aryl methyl sites for hydroxylation is 1. The molecular formula is C26H23N5O. The van der Waals surface area contributed by atoms with Gasteiger partial charge in [0.2, 0.25) is 0 Å². The van der Waals surface area contributed by atoms with Crippen molar-refractivity contribution in [1.29, 1.82) is 5.26 Å². The average Bonchev–Trinajstić information content (AvgIpc) is 3.23. The molecule has 1 aliphatic rings. The number of para-hydroxylation sites is 1. The van der Waals surface area contributed by atoms with Crippen molar-refractivity contribution >= 4 is 17.2 Å². The standard InChI is InChI=1S/C26H23N5O/c1-17-12-22(18(2)28-21-10-4-3-5-11-21)25-29-24(23(13-27)26(32)31(25)14-17)30-15-19-8-6-7-9-20(19)16-30/h3-12,14,18,28H,15-16H2,1-2H3/t18-/m0/s1. The topological polar surface area (TPSA) is 73.4 Å². The number of pyridine rings is 1. The normalized spacial score (nSPS) is 13.6. The summed E-state index contributed by atoms with van der Waals surface area (Å²) in [5.74, 6) is 0.450. The van der Waals surface area contributed by atoms with E-state index in [0.717, 1.165) is 16.8 Å². The second-order valence-corrected chi connectivity index (χ2v) is 8.25. The maximum Gasteiger partial charge on any atom is 0.278 e. The number of hydrogen-bond donors (Lipinski definition) is 1. The van der Waals surface area contributed by atoms with E-state index in [0.29, 0.717) is 24.6 Å². The van der Waals surface area contributed by atoms with Crippen molar-refractivity contribution in [3.05, 3.63) is 105 Å². The number of nitriles is 1. The van der Waals surface area contributed by atoms with Crippen molar-refractivity contribution in [1.82, 2.24) is 9.38 Å². The van der Waals surface area contributed by atoms with E-state index in [9.17, 15) is 10.1 Å². The number of benzene rings is 2. The van der Waals surface area contributed by atoms with Crippen LogP contribution in [0.2, 0.25) is 0 Å². The van der Waals surface area contributed by atoms with Crippen molar-refractivity contribution in [2.24, 2.45) is 0 Å². The van der Waals surface area contributed by atoms with E-state index in [4.69, 9.17) is 4.98 Å². The molecule has 1 N–H and O–H groups in total. The van der Waals surface area contributed by atoms with E-state index >= 15 is 0 Å². The first kappa shape index (κ1) is 19.8. The van der Waals surface area contributed by atoms with Crippen LogP contribution in [0.3, 0.4) is 0 Å². The molecule has 0 spiro atoms. The summed E-state index contributed by atoms with van der Waals surface area (Å²) in [6.45, 7) is 5.26. The number of aromatic nitrogens is 2. The van der Waals surface area contributed by atoms with Gasteiger partial charge in [-0.3, -0.25) is 9.20 Å². The van der Waals surface area contributed by atoms with Gasteiger partial charge in [0.15, 0.2) is 11.4 Å². The molecule has 6 nitrogen and oxygen atoms in total. The number of fused-ring (bicyclic) bond motifs is 2. The van der Waals surface area contributed by atoms with Gasteiger partial charge in [-0.2, -0.15) is 5.26 Å². The summed E-state index contributed by atoms with van der Waals surface area (Å²) in [4.78, 5) is 20.3. The predicted molar refractivity (Wildman–Crippen MR) is 126 cm³/mol. The Labute approximate surface area is 186 Å². The maximum atomic E-state index is 13.3.